The first kappa shape index (κ1) is 25.8. The number of amides is 1. The fourth-order valence-electron chi connectivity index (χ4n) is 5.04. The van der Waals surface area contributed by atoms with Gasteiger partial charge in [0.2, 0.25) is 17.7 Å². The summed E-state index contributed by atoms with van der Waals surface area (Å²) in [6.45, 7) is 6.90. The van der Waals surface area contributed by atoms with Crippen LogP contribution in [-0.2, 0) is 14.3 Å². The van der Waals surface area contributed by atoms with Gasteiger partial charge in [0.15, 0.2) is 5.82 Å². The summed E-state index contributed by atoms with van der Waals surface area (Å²) in [5.41, 5.74) is 0.970. The first-order chi connectivity index (χ1) is 19.0. The van der Waals surface area contributed by atoms with E-state index in [0.717, 1.165) is 13.1 Å². The first-order valence-corrected chi connectivity index (χ1v) is 13.3. The van der Waals surface area contributed by atoms with Gasteiger partial charge in [0.1, 0.15) is 11.9 Å². The highest BCUT2D eigenvalue weighted by atomic mass is 19.3. The molecule has 11 nitrogen and oxygen atoms in total. The van der Waals surface area contributed by atoms with Crippen LogP contribution in [0.15, 0.2) is 30.3 Å². The van der Waals surface area contributed by atoms with E-state index in [1.165, 1.54) is 4.57 Å². The number of rotatable bonds is 8. The second-order valence-electron chi connectivity index (χ2n) is 9.80. The summed E-state index contributed by atoms with van der Waals surface area (Å²) < 4.78 is 46.4. The van der Waals surface area contributed by atoms with Crippen LogP contribution in [0.3, 0.4) is 0 Å². The van der Waals surface area contributed by atoms with Crippen LogP contribution in [0.5, 0.6) is 5.88 Å². The average molecular weight is 544 g/mol. The molecule has 5 heterocycles. The second-order valence-corrected chi connectivity index (χ2v) is 9.80. The molecule has 6 rings (SSSR count). The van der Waals surface area contributed by atoms with E-state index in [1.807, 2.05) is 4.90 Å². The molecule has 1 amide bonds. The number of para-hydroxylation sites is 2. The van der Waals surface area contributed by atoms with Crippen LogP contribution >= 0.6 is 0 Å². The molecule has 0 N–H and O–H groups in total. The number of benzene rings is 1. The van der Waals surface area contributed by atoms with Gasteiger partial charge in [-0.1, -0.05) is 12.1 Å². The van der Waals surface area contributed by atoms with Crippen LogP contribution in [0.1, 0.15) is 18.7 Å². The highest BCUT2D eigenvalue weighted by molar-refractivity contribution is 5.78. The monoisotopic (exact) mass is 543 g/mol. The molecule has 0 unspecified atom stereocenters. The lowest BCUT2D eigenvalue weighted by Gasteiger charge is -2.39. The Kier molecular flexibility index (Phi) is 7.53. The van der Waals surface area contributed by atoms with E-state index in [0.29, 0.717) is 82.6 Å². The lowest BCUT2D eigenvalue weighted by atomic mass is 10.1. The number of anilines is 1. The van der Waals surface area contributed by atoms with Gasteiger partial charge in [-0.2, -0.15) is 9.97 Å². The molecule has 0 aliphatic carbocycles. The Hall–Kier alpha value is -3.42. The molecular weight excluding hydrogens is 512 g/mol. The highest BCUT2D eigenvalue weighted by Crippen LogP contribution is 2.30. The molecular formula is C26H31F2N7O4. The molecule has 0 atom stereocenters. The highest BCUT2D eigenvalue weighted by Gasteiger charge is 2.33. The number of hydrogen-bond donors (Lipinski definition) is 0. The topological polar surface area (TPSA) is 98.1 Å². The molecule has 0 radical (unpaired) electrons. The van der Waals surface area contributed by atoms with Crippen molar-refractivity contribution in [3.05, 3.63) is 36.2 Å². The largest absolute Gasteiger partial charge is 0.470 e. The quantitative estimate of drug-likeness (QED) is 0.422. The van der Waals surface area contributed by atoms with Gasteiger partial charge in [-0.25, -0.2) is 13.8 Å². The zero-order valence-electron chi connectivity index (χ0n) is 21.5. The fraction of sp³-hybridized carbons (Fsp3) is 0.538. The lowest BCUT2D eigenvalue weighted by Crippen LogP contribution is -2.56. The number of carbonyl (C=O) groups excluding carboxylic acids is 1. The Balaban J connectivity index is 1.21. The van der Waals surface area contributed by atoms with E-state index >= 15 is 0 Å². The van der Waals surface area contributed by atoms with Crippen LogP contribution in [0.25, 0.3) is 16.9 Å². The molecule has 3 saturated heterocycles. The minimum Gasteiger partial charge on any atom is -0.470 e. The summed E-state index contributed by atoms with van der Waals surface area (Å²) in [6, 6.07) is 8.52. The van der Waals surface area contributed by atoms with Gasteiger partial charge in [-0.15, -0.1) is 0 Å². The Bertz CT molecular complexity index is 1300. The van der Waals surface area contributed by atoms with Crippen molar-refractivity contribution < 1.29 is 27.8 Å². The number of aromatic nitrogens is 4. The number of morpholine rings is 2. The van der Waals surface area contributed by atoms with Crippen LogP contribution in [-0.4, -0.2) is 114 Å². The Morgan fingerprint density at radius 3 is 2.46 bits per heavy atom. The maximum atomic E-state index is 14.0. The van der Waals surface area contributed by atoms with Crippen molar-refractivity contribution >= 4 is 22.9 Å². The van der Waals surface area contributed by atoms with Crippen LogP contribution in [0.2, 0.25) is 0 Å². The van der Waals surface area contributed by atoms with Crippen molar-refractivity contribution in [1.82, 2.24) is 29.3 Å². The summed E-state index contributed by atoms with van der Waals surface area (Å²) in [5, 5.41) is 0. The second kappa shape index (κ2) is 11.4. The van der Waals surface area contributed by atoms with Gasteiger partial charge >= 0.3 is 0 Å². The Morgan fingerprint density at radius 2 is 1.72 bits per heavy atom. The number of fused-ring (bicyclic) bond motifs is 1. The normalized spacial score (nSPS) is 19.1. The third-order valence-electron chi connectivity index (χ3n) is 7.22. The molecule has 13 heteroatoms. The van der Waals surface area contributed by atoms with Crippen LogP contribution in [0.4, 0.5) is 14.7 Å². The third kappa shape index (κ3) is 5.65. The van der Waals surface area contributed by atoms with Crippen molar-refractivity contribution in [1.29, 1.82) is 0 Å². The van der Waals surface area contributed by atoms with E-state index in [9.17, 15) is 13.6 Å². The zero-order chi connectivity index (χ0) is 26.8. The minimum absolute atomic E-state index is 0.0881. The molecule has 2 aromatic heterocycles. The average Bonchev–Trinajstić information content (AvgIpc) is 3.35. The van der Waals surface area contributed by atoms with Crippen molar-refractivity contribution in [2.75, 3.05) is 77.1 Å². The lowest BCUT2D eigenvalue weighted by molar-refractivity contribution is -0.140. The SMILES string of the molecule is O=C(CCN1CCOCC1)N1CC(Oc2cc(-n3c(C(F)F)nc4ccccc43)nc(N3CCOCC3)n2)C1. The summed E-state index contributed by atoms with van der Waals surface area (Å²) in [5.74, 6) is 0.592. The zero-order valence-corrected chi connectivity index (χ0v) is 21.5. The first-order valence-electron chi connectivity index (χ1n) is 13.3. The molecule has 208 valence electrons. The van der Waals surface area contributed by atoms with Gasteiger partial charge in [-0.3, -0.25) is 14.3 Å². The van der Waals surface area contributed by atoms with Crippen LogP contribution in [0, 0.1) is 0 Å². The molecule has 3 fully saturated rings. The molecule has 3 aromatic rings. The van der Waals surface area contributed by atoms with Crippen LogP contribution < -0.4 is 9.64 Å². The number of nitrogens with zero attached hydrogens (tertiary/aromatic N) is 7. The minimum atomic E-state index is -2.80. The van der Waals surface area contributed by atoms with Crippen molar-refractivity contribution in [3.63, 3.8) is 0 Å². The Morgan fingerprint density at radius 1 is 1.00 bits per heavy atom. The maximum absolute atomic E-state index is 14.0. The number of likely N-dealkylation sites (tertiary alicyclic amines) is 1. The summed E-state index contributed by atoms with van der Waals surface area (Å²) in [6.07, 6.45) is -2.59. The van der Waals surface area contributed by atoms with E-state index in [4.69, 9.17) is 14.2 Å². The fourth-order valence-corrected chi connectivity index (χ4v) is 5.04. The maximum Gasteiger partial charge on any atom is 0.296 e. The van der Waals surface area contributed by atoms with Crippen molar-refractivity contribution in [2.45, 2.75) is 19.0 Å². The van der Waals surface area contributed by atoms with E-state index < -0.39 is 12.2 Å². The predicted molar refractivity (Wildman–Crippen MR) is 138 cm³/mol. The summed E-state index contributed by atoms with van der Waals surface area (Å²) in [7, 11) is 0. The van der Waals surface area contributed by atoms with Gasteiger partial charge in [0.05, 0.1) is 50.6 Å². The number of imidazole rings is 1. The number of ether oxygens (including phenoxy) is 3. The predicted octanol–water partition coefficient (Wildman–Crippen LogP) is 1.90. The van der Waals surface area contributed by atoms with Gasteiger partial charge < -0.3 is 24.0 Å². The third-order valence-corrected chi connectivity index (χ3v) is 7.22. The number of carbonyl (C=O) groups is 1. The number of halogens is 2. The molecule has 0 bridgehead atoms. The number of alkyl halides is 2. The summed E-state index contributed by atoms with van der Waals surface area (Å²) >= 11 is 0. The molecule has 3 aliphatic rings. The van der Waals surface area contributed by atoms with E-state index in [2.05, 4.69) is 19.9 Å². The van der Waals surface area contributed by atoms with Crippen molar-refractivity contribution in [2.24, 2.45) is 0 Å². The van der Waals surface area contributed by atoms with Gasteiger partial charge in [-0.05, 0) is 12.1 Å². The Labute approximate surface area is 224 Å². The smallest absolute Gasteiger partial charge is 0.296 e. The van der Waals surface area contributed by atoms with Crippen molar-refractivity contribution in [3.8, 4) is 11.7 Å². The summed E-state index contributed by atoms with van der Waals surface area (Å²) in [4.78, 5) is 32.0. The molecule has 39 heavy (non-hydrogen) atoms. The molecule has 0 saturated carbocycles. The molecule has 1 aromatic carbocycles. The molecule has 0 spiro atoms. The number of hydrogen-bond acceptors (Lipinski definition) is 9. The van der Waals surface area contributed by atoms with E-state index in [-0.39, 0.29) is 23.7 Å². The van der Waals surface area contributed by atoms with Gasteiger partial charge in [0.25, 0.3) is 6.43 Å². The van der Waals surface area contributed by atoms with E-state index in [1.54, 1.807) is 35.2 Å². The molecule has 3 aliphatic heterocycles. The standard InChI is InChI=1S/C26H31F2N7O4/c27-24(28)25-29-19-3-1-2-4-20(19)35(25)21-15-22(31-26(30-21)33-9-13-38-14-10-33)39-18-16-34(17-18)23(36)5-6-32-7-11-37-12-8-32/h1-4,15,18,24H,5-14,16-17H2. The van der Waals surface area contributed by atoms with Gasteiger partial charge in [0, 0.05) is 45.2 Å².